The van der Waals surface area contributed by atoms with Gasteiger partial charge >= 0.3 is 0 Å². The second kappa shape index (κ2) is 13.5. The van der Waals surface area contributed by atoms with Gasteiger partial charge in [-0.2, -0.15) is 0 Å². The molecule has 0 atom stereocenters. The van der Waals surface area contributed by atoms with Crippen LogP contribution in [-0.2, 0) is 6.54 Å². The number of rotatable bonds is 8. The Hall–Kier alpha value is -5.25. The molecule has 0 saturated heterocycles. The van der Waals surface area contributed by atoms with E-state index in [1.807, 2.05) is 39.1 Å². The molecule has 0 aliphatic carbocycles. The fourth-order valence-electron chi connectivity index (χ4n) is 6.03. The molecular formula is C38H41N3O7. The van der Waals surface area contributed by atoms with Gasteiger partial charge in [0.05, 0.1) is 12.0 Å². The molecule has 2 amide bonds. The number of para-hydroxylation sites is 1. The van der Waals surface area contributed by atoms with Crippen LogP contribution in [0.5, 0.6) is 17.2 Å². The summed E-state index contributed by atoms with van der Waals surface area (Å²) in [6.07, 6.45) is 3.25. The van der Waals surface area contributed by atoms with Crippen LogP contribution in [0.1, 0.15) is 77.4 Å². The number of ether oxygens (including phenoxy) is 3. The third-order valence-electron chi connectivity index (χ3n) is 8.47. The number of amides is 2. The summed E-state index contributed by atoms with van der Waals surface area (Å²) < 4.78 is 24.4. The van der Waals surface area contributed by atoms with Crippen molar-refractivity contribution in [2.24, 2.45) is 5.92 Å². The predicted molar refractivity (Wildman–Crippen MR) is 183 cm³/mol. The molecule has 2 N–H and O–H groups in total. The SMILES string of the molecule is Cc1c(C(=O)NCCC(C)C)oc2ccc3c(c12)C(=O)CC(C)(C)O3.O=C(NCCn1ccc2ccccc21)c1ccc2c(c1)OCO2. The maximum absolute atomic E-state index is 12.7. The quantitative estimate of drug-likeness (QED) is 0.184. The largest absolute Gasteiger partial charge is 0.487 e. The number of Topliss-reactive ketones (excluding diaryl/α,β-unsaturated/α-hetero) is 1. The standard InChI is InChI=1S/C20H25NO4.C18H16N2O3/c1-11(2)8-9-21-19(23)18-12(3)16-14(24-18)6-7-15-17(16)13(22)10-20(4,5)25-15;21-18(14-5-6-16-17(11-14)23-12-22-16)19-8-10-20-9-7-13-3-1-2-4-15(13)20/h6-7,11H,8-10H2,1-5H3,(H,21,23);1-7,9,11H,8,10,12H2,(H,19,21). The van der Waals surface area contributed by atoms with Crippen LogP contribution in [0, 0.1) is 12.8 Å². The van der Waals surface area contributed by atoms with Gasteiger partial charge in [-0.1, -0.05) is 32.0 Å². The van der Waals surface area contributed by atoms with Gasteiger partial charge in [-0.15, -0.1) is 0 Å². The average Bonchev–Trinajstić information content (AvgIpc) is 3.77. The molecule has 2 aromatic heterocycles. The highest BCUT2D eigenvalue weighted by Crippen LogP contribution is 2.40. The summed E-state index contributed by atoms with van der Waals surface area (Å²) in [5, 5.41) is 7.71. The molecule has 0 bridgehead atoms. The second-order valence-electron chi connectivity index (χ2n) is 13.2. The number of aromatic nitrogens is 1. The zero-order valence-corrected chi connectivity index (χ0v) is 28.0. The molecule has 48 heavy (non-hydrogen) atoms. The Labute approximate surface area is 279 Å². The molecule has 2 aliphatic rings. The number of furan rings is 1. The zero-order chi connectivity index (χ0) is 34.0. The Morgan fingerprint density at radius 1 is 0.917 bits per heavy atom. The van der Waals surface area contributed by atoms with Gasteiger partial charge in [0.25, 0.3) is 11.8 Å². The van der Waals surface area contributed by atoms with Crippen molar-refractivity contribution in [1.82, 2.24) is 15.2 Å². The van der Waals surface area contributed by atoms with Crippen molar-refractivity contribution in [3.05, 3.63) is 89.3 Å². The summed E-state index contributed by atoms with van der Waals surface area (Å²) in [6.45, 7) is 11.9. The van der Waals surface area contributed by atoms with E-state index < -0.39 is 5.60 Å². The van der Waals surface area contributed by atoms with Crippen LogP contribution in [-0.4, -0.2) is 47.6 Å². The molecule has 0 spiro atoms. The van der Waals surface area contributed by atoms with Crippen molar-refractivity contribution in [3.8, 4) is 17.2 Å². The lowest BCUT2D eigenvalue weighted by Crippen LogP contribution is -2.36. The maximum Gasteiger partial charge on any atom is 0.287 e. The molecule has 2 aliphatic heterocycles. The summed E-state index contributed by atoms with van der Waals surface area (Å²) in [5.41, 5.74) is 2.98. The van der Waals surface area contributed by atoms with E-state index in [1.165, 1.54) is 10.9 Å². The first-order chi connectivity index (χ1) is 23.0. The first kappa shape index (κ1) is 32.7. The third-order valence-corrected chi connectivity index (χ3v) is 8.47. The molecule has 3 aromatic carbocycles. The minimum Gasteiger partial charge on any atom is -0.487 e. The number of carbonyl (C=O) groups is 3. The number of ketones is 1. The van der Waals surface area contributed by atoms with Gasteiger partial charge in [-0.25, -0.2) is 0 Å². The summed E-state index contributed by atoms with van der Waals surface area (Å²) in [6, 6.07) is 19.0. The van der Waals surface area contributed by atoms with E-state index >= 15 is 0 Å². The Kier molecular flexibility index (Phi) is 9.17. The summed E-state index contributed by atoms with van der Waals surface area (Å²) in [7, 11) is 0. The number of carbonyl (C=O) groups excluding carboxylic acids is 3. The molecule has 250 valence electrons. The molecule has 5 aromatic rings. The van der Waals surface area contributed by atoms with Crippen molar-refractivity contribution in [3.63, 3.8) is 0 Å². The molecule has 0 fully saturated rings. The minimum atomic E-state index is -0.521. The lowest BCUT2D eigenvalue weighted by atomic mass is 9.90. The molecule has 0 saturated carbocycles. The number of hydrogen-bond donors (Lipinski definition) is 2. The normalized spacial score (nSPS) is 14.3. The van der Waals surface area contributed by atoms with E-state index in [0.29, 0.717) is 70.3 Å². The van der Waals surface area contributed by atoms with Crippen LogP contribution in [0.15, 0.2) is 71.3 Å². The van der Waals surface area contributed by atoms with Crippen LogP contribution in [0.4, 0.5) is 0 Å². The highest BCUT2D eigenvalue weighted by Gasteiger charge is 2.35. The number of hydrogen-bond acceptors (Lipinski definition) is 7. The topological polar surface area (TPSA) is 121 Å². The van der Waals surface area contributed by atoms with E-state index in [2.05, 4.69) is 47.2 Å². The summed E-state index contributed by atoms with van der Waals surface area (Å²) in [5.74, 6) is 2.31. The van der Waals surface area contributed by atoms with Crippen LogP contribution in [0.2, 0.25) is 0 Å². The van der Waals surface area contributed by atoms with Crippen molar-refractivity contribution in [2.75, 3.05) is 19.9 Å². The fourth-order valence-corrected chi connectivity index (χ4v) is 6.03. The van der Waals surface area contributed by atoms with Gasteiger partial charge in [-0.3, -0.25) is 14.4 Å². The zero-order valence-electron chi connectivity index (χ0n) is 28.0. The minimum absolute atomic E-state index is 0.0208. The third kappa shape index (κ3) is 6.88. The van der Waals surface area contributed by atoms with E-state index in [4.69, 9.17) is 18.6 Å². The van der Waals surface area contributed by atoms with Gasteiger partial charge in [0, 0.05) is 47.9 Å². The Morgan fingerprint density at radius 3 is 2.48 bits per heavy atom. The smallest absolute Gasteiger partial charge is 0.287 e. The number of benzene rings is 3. The average molecular weight is 652 g/mol. The molecule has 10 nitrogen and oxygen atoms in total. The highest BCUT2D eigenvalue weighted by molar-refractivity contribution is 6.13. The Bertz CT molecular complexity index is 2000. The van der Waals surface area contributed by atoms with Gasteiger partial charge < -0.3 is 33.8 Å². The summed E-state index contributed by atoms with van der Waals surface area (Å²) >= 11 is 0. The molecule has 4 heterocycles. The van der Waals surface area contributed by atoms with E-state index in [0.717, 1.165) is 13.0 Å². The van der Waals surface area contributed by atoms with Crippen molar-refractivity contribution < 1.29 is 33.0 Å². The van der Waals surface area contributed by atoms with Gasteiger partial charge in [0.1, 0.15) is 16.9 Å². The number of fused-ring (bicyclic) bond motifs is 5. The van der Waals surface area contributed by atoms with Crippen molar-refractivity contribution >= 4 is 39.5 Å². The van der Waals surface area contributed by atoms with E-state index in [9.17, 15) is 14.4 Å². The molecule has 0 radical (unpaired) electrons. The Balaban J connectivity index is 0.000000168. The monoisotopic (exact) mass is 651 g/mol. The van der Waals surface area contributed by atoms with Gasteiger partial charge in [0.15, 0.2) is 23.0 Å². The van der Waals surface area contributed by atoms with E-state index in [-0.39, 0.29) is 30.2 Å². The molecule has 10 heteroatoms. The molecular weight excluding hydrogens is 610 g/mol. The van der Waals surface area contributed by atoms with Gasteiger partial charge in [0.2, 0.25) is 6.79 Å². The van der Waals surface area contributed by atoms with Crippen LogP contribution >= 0.6 is 0 Å². The predicted octanol–water partition coefficient (Wildman–Crippen LogP) is 7.06. The van der Waals surface area contributed by atoms with Crippen molar-refractivity contribution in [2.45, 2.75) is 59.6 Å². The number of nitrogens with zero attached hydrogens (tertiary/aromatic N) is 1. The first-order valence-corrected chi connectivity index (χ1v) is 16.3. The molecule has 0 unspecified atom stereocenters. The van der Waals surface area contributed by atoms with Crippen LogP contribution in [0.3, 0.4) is 0 Å². The number of nitrogens with one attached hydrogen (secondary N) is 2. The van der Waals surface area contributed by atoms with Gasteiger partial charge in [-0.05, 0) is 81.0 Å². The lowest BCUT2D eigenvalue weighted by Gasteiger charge is -2.31. The lowest BCUT2D eigenvalue weighted by molar-refractivity contribution is 0.0623. The second-order valence-corrected chi connectivity index (χ2v) is 13.2. The number of aryl methyl sites for hydroxylation is 1. The van der Waals surface area contributed by atoms with Crippen molar-refractivity contribution in [1.29, 1.82) is 0 Å². The first-order valence-electron chi connectivity index (χ1n) is 16.3. The van der Waals surface area contributed by atoms with E-state index in [1.54, 1.807) is 30.3 Å². The van der Waals surface area contributed by atoms with Crippen LogP contribution < -0.4 is 24.8 Å². The molecule has 7 rings (SSSR count). The highest BCUT2D eigenvalue weighted by atomic mass is 16.7. The Morgan fingerprint density at radius 2 is 1.67 bits per heavy atom. The maximum atomic E-state index is 12.7. The fraction of sp³-hybridized carbons (Fsp3) is 0.342. The summed E-state index contributed by atoms with van der Waals surface area (Å²) in [4.78, 5) is 37.3. The van der Waals surface area contributed by atoms with Crippen LogP contribution in [0.25, 0.3) is 21.9 Å².